The Morgan fingerprint density at radius 3 is 2.50 bits per heavy atom. The fourth-order valence-corrected chi connectivity index (χ4v) is 3.19. The summed E-state index contributed by atoms with van der Waals surface area (Å²) in [7, 11) is -3.60. The molecule has 1 N–H and O–H groups in total. The van der Waals surface area contributed by atoms with Crippen LogP contribution in [-0.4, -0.2) is 11.5 Å². The molecule has 1 atom stereocenters. The van der Waals surface area contributed by atoms with Gasteiger partial charge < -0.3 is 9.42 Å². The van der Waals surface area contributed by atoms with Crippen molar-refractivity contribution in [1.82, 2.24) is 0 Å². The van der Waals surface area contributed by atoms with Crippen LogP contribution in [0.15, 0.2) is 30.3 Å². The molecule has 0 spiro atoms. The van der Waals surface area contributed by atoms with Gasteiger partial charge in [0, 0.05) is 0 Å². The van der Waals surface area contributed by atoms with Gasteiger partial charge in [0.05, 0.1) is 11.9 Å². The topological polar surface area (TPSA) is 46.5 Å². The second-order valence-corrected chi connectivity index (χ2v) is 6.12. The normalized spacial score (nSPS) is 20.8. The van der Waals surface area contributed by atoms with Crippen LogP contribution in [0.5, 0.6) is 0 Å². The van der Waals surface area contributed by atoms with E-state index in [1.54, 1.807) is 24.3 Å². The van der Waals surface area contributed by atoms with E-state index in [0.717, 1.165) is 12.8 Å². The molecule has 0 radical (unpaired) electrons. The van der Waals surface area contributed by atoms with Gasteiger partial charge in [-0.15, -0.1) is 0 Å². The van der Waals surface area contributed by atoms with Gasteiger partial charge in [0.15, 0.2) is 0 Å². The molecular weight excluding hydrogens is 223 g/mol. The summed E-state index contributed by atoms with van der Waals surface area (Å²) in [4.78, 5) is 9.78. The number of hydrogen-bond donors (Lipinski definition) is 1. The van der Waals surface area contributed by atoms with Crippen LogP contribution in [0.3, 0.4) is 0 Å². The second-order valence-electron chi connectivity index (χ2n) is 4.30. The Labute approximate surface area is 96.0 Å². The van der Waals surface area contributed by atoms with Crippen molar-refractivity contribution in [2.24, 2.45) is 5.92 Å². The Kier molecular flexibility index (Phi) is 3.80. The van der Waals surface area contributed by atoms with Crippen molar-refractivity contribution in [3.8, 4) is 0 Å². The van der Waals surface area contributed by atoms with Crippen LogP contribution >= 0.6 is 7.60 Å². The Bertz CT molecular complexity index is 371. The fourth-order valence-electron chi connectivity index (χ4n) is 2.07. The summed E-state index contributed by atoms with van der Waals surface area (Å²) < 4.78 is 17.1. The van der Waals surface area contributed by atoms with Gasteiger partial charge in [-0.3, -0.25) is 4.57 Å². The molecule has 0 saturated heterocycles. The van der Waals surface area contributed by atoms with Gasteiger partial charge in [-0.1, -0.05) is 31.0 Å². The van der Waals surface area contributed by atoms with Crippen LogP contribution in [-0.2, 0) is 9.09 Å². The van der Waals surface area contributed by atoms with Crippen LogP contribution in [0.1, 0.15) is 25.7 Å². The lowest BCUT2D eigenvalue weighted by molar-refractivity contribution is 0.223. The molecule has 3 nitrogen and oxygen atoms in total. The summed E-state index contributed by atoms with van der Waals surface area (Å²) in [6, 6.07) is 8.58. The quantitative estimate of drug-likeness (QED) is 0.823. The maximum atomic E-state index is 11.9. The first-order valence-electron chi connectivity index (χ1n) is 5.71. The smallest absolute Gasteiger partial charge is 0.321 e. The molecule has 1 unspecified atom stereocenters. The Hall–Kier alpha value is -0.630. The zero-order valence-electron chi connectivity index (χ0n) is 9.21. The number of hydrogen-bond acceptors (Lipinski definition) is 2. The molecule has 1 aromatic rings. The van der Waals surface area contributed by atoms with Crippen LogP contribution in [0.4, 0.5) is 0 Å². The minimum Gasteiger partial charge on any atom is -0.321 e. The average molecular weight is 240 g/mol. The molecule has 16 heavy (non-hydrogen) atoms. The molecule has 4 heteroatoms. The van der Waals surface area contributed by atoms with E-state index in [-0.39, 0.29) is 0 Å². The van der Waals surface area contributed by atoms with E-state index in [1.807, 2.05) is 6.07 Å². The SMILES string of the molecule is O=P(O)(OCC1CCCC1)c1ccccc1. The van der Waals surface area contributed by atoms with Gasteiger partial charge in [-0.05, 0) is 30.9 Å². The van der Waals surface area contributed by atoms with Crippen molar-refractivity contribution in [3.05, 3.63) is 30.3 Å². The average Bonchev–Trinajstić information content (AvgIpc) is 2.81. The molecule has 1 aliphatic carbocycles. The molecule has 0 bridgehead atoms. The van der Waals surface area contributed by atoms with Gasteiger partial charge in [0.25, 0.3) is 0 Å². The van der Waals surface area contributed by atoms with E-state index >= 15 is 0 Å². The van der Waals surface area contributed by atoms with Crippen molar-refractivity contribution in [2.75, 3.05) is 6.61 Å². The molecule has 0 aromatic heterocycles. The van der Waals surface area contributed by atoms with E-state index in [9.17, 15) is 9.46 Å². The van der Waals surface area contributed by atoms with Crippen molar-refractivity contribution in [1.29, 1.82) is 0 Å². The highest BCUT2D eigenvalue weighted by Gasteiger charge is 2.25. The van der Waals surface area contributed by atoms with Crippen molar-refractivity contribution >= 4 is 12.9 Å². The third-order valence-corrected chi connectivity index (χ3v) is 4.49. The van der Waals surface area contributed by atoms with E-state index in [1.165, 1.54) is 12.8 Å². The summed E-state index contributed by atoms with van der Waals surface area (Å²) in [5, 5.41) is 0.382. The lowest BCUT2D eigenvalue weighted by Crippen LogP contribution is -2.11. The maximum absolute atomic E-state index is 11.9. The molecule has 0 aliphatic heterocycles. The van der Waals surface area contributed by atoms with E-state index in [4.69, 9.17) is 4.52 Å². The summed E-state index contributed by atoms with van der Waals surface area (Å²) in [5.74, 6) is 0.462. The highest BCUT2D eigenvalue weighted by molar-refractivity contribution is 7.61. The summed E-state index contributed by atoms with van der Waals surface area (Å²) in [6.07, 6.45) is 4.67. The van der Waals surface area contributed by atoms with E-state index < -0.39 is 7.60 Å². The van der Waals surface area contributed by atoms with Crippen molar-refractivity contribution in [3.63, 3.8) is 0 Å². The lowest BCUT2D eigenvalue weighted by Gasteiger charge is -2.15. The van der Waals surface area contributed by atoms with Gasteiger partial charge >= 0.3 is 7.60 Å². The Morgan fingerprint density at radius 2 is 1.88 bits per heavy atom. The lowest BCUT2D eigenvalue weighted by atomic mass is 10.1. The van der Waals surface area contributed by atoms with Crippen LogP contribution < -0.4 is 5.30 Å². The fraction of sp³-hybridized carbons (Fsp3) is 0.500. The predicted molar refractivity (Wildman–Crippen MR) is 63.8 cm³/mol. The molecule has 2 rings (SSSR count). The van der Waals surface area contributed by atoms with Gasteiger partial charge in [0.2, 0.25) is 0 Å². The van der Waals surface area contributed by atoms with Crippen LogP contribution in [0, 0.1) is 5.92 Å². The summed E-state index contributed by atoms with van der Waals surface area (Å²) >= 11 is 0. The van der Waals surface area contributed by atoms with Gasteiger partial charge in [0.1, 0.15) is 0 Å². The molecule has 1 saturated carbocycles. The molecule has 0 amide bonds. The third-order valence-electron chi connectivity index (χ3n) is 3.04. The highest BCUT2D eigenvalue weighted by Crippen LogP contribution is 2.42. The largest absolute Gasteiger partial charge is 0.358 e. The summed E-state index contributed by atoms with van der Waals surface area (Å²) in [6.45, 7) is 0.405. The maximum Gasteiger partial charge on any atom is 0.358 e. The second kappa shape index (κ2) is 5.13. The first kappa shape index (κ1) is 11.8. The molecule has 88 valence electrons. The molecule has 1 aromatic carbocycles. The third kappa shape index (κ3) is 2.94. The molecule has 1 fully saturated rings. The molecule has 1 aliphatic rings. The zero-order valence-corrected chi connectivity index (χ0v) is 10.1. The minimum absolute atomic E-state index is 0.382. The van der Waals surface area contributed by atoms with Gasteiger partial charge in [-0.25, -0.2) is 0 Å². The Morgan fingerprint density at radius 1 is 1.25 bits per heavy atom. The Balaban J connectivity index is 1.95. The van der Waals surface area contributed by atoms with Crippen LogP contribution in [0.25, 0.3) is 0 Å². The van der Waals surface area contributed by atoms with Crippen molar-refractivity contribution < 1.29 is 14.0 Å². The molecular formula is C12H17O3P. The first-order chi connectivity index (χ1) is 7.68. The minimum atomic E-state index is -3.60. The first-order valence-corrected chi connectivity index (χ1v) is 7.29. The standard InChI is InChI=1S/C12H17O3P/c13-16(14,12-8-2-1-3-9-12)15-10-11-6-4-5-7-11/h1-3,8-9,11H,4-7,10H2,(H,13,14). The van der Waals surface area contributed by atoms with Crippen LogP contribution in [0.2, 0.25) is 0 Å². The van der Waals surface area contributed by atoms with E-state index in [2.05, 4.69) is 0 Å². The number of benzene rings is 1. The van der Waals surface area contributed by atoms with E-state index in [0.29, 0.717) is 17.8 Å². The van der Waals surface area contributed by atoms with Gasteiger partial charge in [-0.2, -0.15) is 0 Å². The van der Waals surface area contributed by atoms with Crippen molar-refractivity contribution in [2.45, 2.75) is 25.7 Å². The predicted octanol–water partition coefficient (Wildman–Crippen LogP) is 2.70. The summed E-state index contributed by atoms with van der Waals surface area (Å²) in [5.41, 5.74) is 0. The number of rotatable bonds is 4. The molecule has 0 heterocycles. The monoisotopic (exact) mass is 240 g/mol. The highest BCUT2D eigenvalue weighted by atomic mass is 31.2. The zero-order chi connectivity index (χ0) is 11.4.